The first kappa shape index (κ1) is 19.9. The predicted octanol–water partition coefficient (Wildman–Crippen LogP) is 3.00. The van der Waals surface area contributed by atoms with Gasteiger partial charge >= 0.3 is 0 Å². The summed E-state index contributed by atoms with van der Waals surface area (Å²) < 4.78 is 5.09. The third kappa shape index (κ3) is 2.84. The summed E-state index contributed by atoms with van der Waals surface area (Å²) in [6, 6.07) is 0.324. The standard InChI is InChI=1S/C23H36N2O3/c1-22-11-9-17-15(5-8-19-23(17,2)12-10-20(26)25(19)3)16(22)6-7-18(22)21(27)24-13-14-28-4/h10,12,15-19H,5-9,11,13-14H2,1-4H3,(H,24,27)/t15-,16-,17+,18?,19?,22-,23+/m0/s1. The minimum absolute atomic E-state index is 0.0751. The van der Waals surface area contributed by atoms with Crippen LogP contribution in [0.1, 0.15) is 52.4 Å². The molecule has 2 amide bonds. The third-order valence-electron chi connectivity index (χ3n) is 9.05. The van der Waals surface area contributed by atoms with Gasteiger partial charge in [0.15, 0.2) is 0 Å². The number of likely N-dealkylation sites (N-methyl/N-ethyl adjacent to an activating group) is 1. The average molecular weight is 389 g/mol. The number of carbonyl (C=O) groups is 2. The molecule has 0 aromatic carbocycles. The molecule has 3 aliphatic carbocycles. The van der Waals surface area contributed by atoms with Crippen LogP contribution in [0.3, 0.4) is 0 Å². The van der Waals surface area contributed by atoms with Gasteiger partial charge in [-0.1, -0.05) is 19.9 Å². The molecule has 5 nitrogen and oxygen atoms in total. The van der Waals surface area contributed by atoms with Crippen molar-refractivity contribution in [1.29, 1.82) is 0 Å². The predicted molar refractivity (Wildman–Crippen MR) is 108 cm³/mol. The lowest BCUT2D eigenvalue weighted by Gasteiger charge is -2.60. The molecule has 0 spiro atoms. The molecule has 1 heterocycles. The Kier molecular flexibility index (Phi) is 5.09. The summed E-state index contributed by atoms with van der Waals surface area (Å²) in [7, 11) is 3.64. The van der Waals surface area contributed by atoms with Gasteiger partial charge in [0, 0.05) is 38.1 Å². The maximum Gasteiger partial charge on any atom is 0.246 e. The van der Waals surface area contributed by atoms with Crippen molar-refractivity contribution in [3.05, 3.63) is 12.2 Å². The molecular formula is C23H36N2O3. The molecule has 4 aliphatic rings. The number of rotatable bonds is 4. The zero-order chi connectivity index (χ0) is 20.1. The van der Waals surface area contributed by atoms with Crippen LogP contribution in [0.5, 0.6) is 0 Å². The molecule has 28 heavy (non-hydrogen) atoms. The molecule has 5 heteroatoms. The van der Waals surface area contributed by atoms with E-state index in [0.717, 1.165) is 19.3 Å². The number of nitrogens with zero attached hydrogens (tertiary/aromatic N) is 1. The molecule has 4 rings (SSSR count). The molecule has 0 saturated heterocycles. The second kappa shape index (κ2) is 7.16. The molecule has 0 bridgehead atoms. The fourth-order valence-corrected chi connectivity index (χ4v) is 7.57. The SMILES string of the molecule is COCCNC(=O)C1CC[C@H]2[C@@H]3CCC4N(C)C(=O)C=C[C@]4(C)[C@@H]3CC[C@]12C. The van der Waals surface area contributed by atoms with Crippen LogP contribution in [-0.4, -0.2) is 50.1 Å². The number of fused-ring (bicyclic) bond motifs is 5. The van der Waals surface area contributed by atoms with E-state index in [-0.39, 0.29) is 28.6 Å². The van der Waals surface area contributed by atoms with Gasteiger partial charge in [-0.2, -0.15) is 0 Å². The summed E-state index contributed by atoms with van der Waals surface area (Å²) in [5, 5.41) is 3.10. The van der Waals surface area contributed by atoms with Crippen LogP contribution in [0, 0.1) is 34.5 Å². The van der Waals surface area contributed by atoms with Crippen LogP contribution in [0.4, 0.5) is 0 Å². The fourth-order valence-electron chi connectivity index (χ4n) is 7.57. The zero-order valence-electron chi connectivity index (χ0n) is 17.9. The smallest absolute Gasteiger partial charge is 0.246 e. The Bertz CT molecular complexity index is 677. The topological polar surface area (TPSA) is 58.6 Å². The van der Waals surface area contributed by atoms with E-state index in [0.29, 0.717) is 36.9 Å². The Morgan fingerprint density at radius 1 is 1.21 bits per heavy atom. The Balaban J connectivity index is 1.54. The number of hydrogen-bond donors (Lipinski definition) is 1. The van der Waals surface area contributed by atoms with E-state index >= 15 is 0 Å². The summed E-state index contributed by atoms with van der Waals surface area (Å²) in [6.07, 6.45) is 10.8. The van der Waals surface area contributed by atoms with Crippen LogP contribution in [-0.2, 0) is 14.3 Å². The largest absolute Gasteiger partial charge is 0.383 e. The highest BCUT2D eigenvalue weighted by Crippen LogP contribution is 2.65. The Morgan fingerprint density at radius 2 is 2.00 bits per heavy atom. The van der Waals surface area contributed by atoms with E-state index in [1.54, 1.807) is 13.2 Å². The van der Waals surface area contributed by atoms with Crippen molar-refractivity contribution in [2.24, 2.45) is 34.5 Å². The summed E-state index contributed by atoms with van der Waals surface area (Å²) >= 11 is 0. The van der Waals surface area contributed by atoms with Gasteiger partial charge in [0.05, 0.1) is 6.61 Å². The maximum atomic E-state index is 12.9. The van der Waals surface area contributed by atoms with Gasteiger partial charge in [0.2, 0.25) is 11.8 Å². The average Bonchev–Trinajstić information content (AvgIpc) is 3.02. The molecule has 1 N–H and O–H groups in total. The first-order valence-corrected chi connectivity index (χ1v) is 11.1. The second-order valence-corrected chi connectivity index (χ2v) is 10.1. The molecule has 156 valence electrons. The Labute approximate surface area is 169 Å². The molecule has 3 saturated carbocycles. The lowest BCUT2D eigenvalue weighted by Crippen LogP contribution is -2.59. The van der Waals surface area contributed by atoms with E-state index in [4.69, 9.17) is 4.74 Å². The lowest BCUT2D eigenvalue weighted by molar-refractivity contribution is -0.142. The highest BCUT2D eigenvalue weighted by molar-refractivity contribution is 5.89. The molecule has 2 unspecified atom stereocenters. The van der Waals surface area contributed by atoms with Gasteiger partial charge in [0.1, 0.15) is 0 Å². The maximum absolute atomic E-state index is 12.9. The number of methoxy groups -OCH3 is 1. The quantitative estimate of drug-likeness (QED) is 0.753. The second-order valence-electron chi connectivity index (χ2n) is 10.1. The van der Waals surface area contributed by atoms with Gasteiger partial charge in [-0.05, 0) is 67.8 Å². The number of ether oxygens (including phenoxy) is 1. The molecule has 0 aromatic heterocycles. The number of nitrogens with one attached hydrogen (secondary N) is 1. The first-order chi connectivity index (χ1) is 13.3. The van der Waals surface area contributed by atoms with Crippen LogP contribution >= 0.6 is 0 Å². The van der Waals surface area contributed by atoms with Crippen molar-refractivity contribution in [3.63, 3.8) is 0 Å². The van der Waals surface area contributed by atoms with Crippen LogP contribution in [0.25, 0.3) is 0 Å². The third-order valence-corrected chi connectivity index (χ3v) is 9.05. The summed E-state index contributed by atoms with van der Waals surface area (Å²) in [5.41, 5.74) is 0.188. The Hall–Kier alpha value is -1.36. The first-order valence-electron chi connectivity index (χ1n) is 11.1. The number of hydrogen-bond acceptors (Lipinski definition) is 3. The number of amides is 2. The zero-order valence-corrected chi connectivity index (χ0v) is 17.9. The van der Waals surface area contributed by atoms with Crippen molar-refractivity contribution in [2.75, 3.05) is 27.3 Å². The van der Waals surface area contributed by atoms with Crippen molar-refractivity contribution in [2.45, 2.75) is 58.4 Å². The van der Waals surface area contributed by atoms with Crippen LogP contribution in [0.15, 0.2) is 12.2 Å². The monoisotopic (exact) mass is 388 g/mol. The molecule has 7 atom stereocenters. The van der Waals surface area contributed by atoms with Gasteiger partial charge in [0.25, 0.3) is 0 Å². The van der Waals surface area contributed by atoms with Gasteiger partial charge in [-0.25, -0.2) is 0 Å². The summed E-state index contributed by atoms with van der Waals surface area (Å²) in [5.74, 6) is 2.42. The molecule has 0 radical (unpaired) electrons. The van der Waals surface area contributed by atoms with E-state index in [2.05, 4.69) is 25.2 Å². The summed E-state index contributed by atoms with van der Waals surface area (Å²) in [6.45, 7) is 5.92. The molecule has 0 aromatic rings. The van der Waals surface area contributed by atoms with Gasteiger partial charge in [-0.3, -0.25) is 9.59 Å². The van der Waals surface area contributed by atoms with Crippen molar-refractivity contribution in [3.8, 4) is 0 Å². The highest BCUT2D eigenvalue weighted by Gasteiger charge is 2.61. The minimum Gasteiger partial charge on any atom is -0.383 e. The highest BCUT2D eigenvalue weighted by atomic mass is 16.5. The molecular weight excluding hydrogens is 352 g/mol. The molecule has 3 fully saturated rings. The van der Waals surface area contributed by atoms with Crippen LogP contribution in [0.2, 0.25) is 0 Å². The van der Waals surface area contributed by atoms with Crippen molar-refractivity contribution < 1.29 is 14.3 Å². The fraction of sp³-hybridized carbons (Fsp3) is 0.826. The lowest BCUT2D eigenvalue weighted by atomic mass is 9.47. The summed E-state index contributed by atoms with van der Waals surface area (Å²) in [4.78, 5) is 27.1. The number of carbonyl (C=O) groups excluding carboxylic acids is 2. The van der Waals surface area contributed by atoms with E-state index in [9.17, 15) is 9.59 Å². The van der Waals surface area contributed by atoms with E-state index in [1.807, 2.05) is 11.9 Å². The van der Waals surface area contributed by atoms with Crippen LogP contribution < -0.4 is 5.32 Å². The van der Waals surface area contributed by atoms with Gasteiger partial charge in [-0.15, -0.1) is 0 Å². The van der Waals surface area contributed by atoms with Crippen molar-refractivity contribution >= 4 is 11.8 Å². The van der Waals surface area contributed by atoms with Gasteiger partial charge < -0.3 is 15.0 Å². The normalized spacial score (nSPS) is 44.6. The van der Waals surface area contributed by atoms with E-state index in [1.165, 1.54) is 19.3 Å². The minimum atomic E-state index is 0.0751. The van der Waals surface area contributed by atoms with E-state index < -0.39 is 0 Å². The van der Waals surface area contributed by atoms with Crippen molar-refractivity contribution in [1.82, 2.24) is 10.2 Å². The molecule has 1 aliphatic heterocycles. The Morgan fingerprint density at radius 3 is 2.75 bits per heavy atom.